The van der Waals surface area contributed by atoms with Crippen LogP contribution in [0.15, 0.2) is 35.3 Å². The van der Waals surface area contributed by atoms with Gasteiger partial charge >= 0.3 is 5.97 Å². The van der Waals surface area contributed by atoms with E-state index in [4.69, 9.17) is 4.74 Å². The van der Waals surface area contributed by atoms with Crippen molar-refractivity contribution >= 4 is 44.8 Å². The van der Waals surface area contributed by atoms with Crippen LogP contribution in [0, 0.1) is 24.0 Å². The molecule has 184 valence electrons. The lowest BCUT2D eigenvalue weighted by Gasteiger charge is -2.28. The van der Waals surface area contributed by atoms with Gasteiger partial charge in [0.05, 0.1) is 21.7 Å². The summed E-state index contributed by atoms with van der Waals surface area (Å²) >= 11 is 1.30. The number of anilines is 1. The van der Waals surface area contributed by atoms with E-state index in [0.717, 1.165) is 53.7 Å². The molecule has 4 rings (SSSR count). The van der Waals surface area contributed by atoms with Gasteiger partial charge in [0.2, 0.25) is 0 Å². The molecule has 0 aliphatic carbocycles. The maximum absolute atomic E-state index is 13.1. The number of fused-ring (bicyclic) bond motifs is 1. The number of ether oxygens (including phenoxy) is 1. The lowest BCUT2D eigenvalue weighted by Crippen LogP contribution is -2.30. The Morgan fingerprint density at radius 3 is 2.57 bits per heavy atom. The van der Waals surface area contributed by atoms with Crippen molar-refractivity contribution in [3.8, 4) is 0 Å². The maximum atomic E-state index is 13.1. The summed E-state index contributed by atoms with van der Waals surface area (Å²) in [5.41, 5.74) is 3.38. The van der Waals surface area contributed by atoms with Gasteiger partial charge in [-0.1, -0.05) is 17.4 Å². The van der Waals surface area contributed by atoms with E-state index >= 15 is 0 Å². The SMILES string of the molecule is CCOC(=O)Cn1c(=NC(=O)c2ccc(N3CCCCC3)c([N+](=O)[O-])c2)sc2c(C)cc(C)cc21. The van der Waals surface area contributed by atoms with E-state index in [0.29, 0.717) is 10.5 Å². The smallest absolute Gasteiger partial charge is 0.326 e. The van der Waals surface area contributed by atoms with Crippen LogP contribution in [-0.2, 0) is 16.1 Å². The second-order valence-corrected chi connectivity index (χ2v) is 9.61. The summed E-state index contributed by atoms with van der Waals surface area (Å²) < 4.78 is 7.71. The van der Waals surface area contributed by atoms with Crippen LogP contribution in [0.1, 0.15) is 47.7 Å². The molecule has 0 unspecified atom stereocenters. The molecule has 0 saturated carbocycles. The van der Waals surface area contributed by atoms with Gasteiger partial charge in [-0.25, -0.2) is 0 Å². The average molecular weight is 497 g/mol. The Bertz CT molecular complexity index is 1370. The van der Waals surface area contributed by atoms with Gasteiger partial charge in [0.25, 0.3) is 11.6 Å². The monoisotopic (exact) mass is 496 g/mol. The Kier molecular flexibility index (Phi) is 7.30. The number of aromatic nitrogens is 1. The van der Waals surface area contributed by atoms with Gasteiger partial charge in [0.15, 0.2) is 4.80 Å². The van der Waals surface area contributed by atoms with Crippen LogP contribution in [0.3, 0.4) is 0 Å². The number of piperidine rings is 1. The number of esters is 1. The molecular formula is C25H28N4O5S. The number of nitro groups is 1. The predicted molar refractivity (Wildman–Crippen MR) is 135 cm³/mol. The molecule has 0 bridgehead atoms. The van der Waals surface area contributed by atoms with E-state index in [2.05, 4.69) is 4.99 Å². The number of carbonyl (C=O) groups is 2. The van der Waals surface area contributed by atoms with Crippen molar-refractivity contribution in [2.75, 3.05) is 24.6 Å². The predicted octanol–water partition coefficient (Wildman–Crippen LogP) is 4.52. The number of aryl methyl sites for hydroxylation is 2. The first kappa shape index (κ1) is 24.6. The van der Waals surface area contributed by atoms with Crippen molar-refractivity contribution in [2.24, 2.45) is 4.99 Å². The molecule has 1 fully saturated rings. The first-order valence-electron chi connectivity index (χ1n) is 11.7. The van der Waals surface area contributed by atoms with E-state index in [1.165, 1.54) is 17.4 Å². The summed E-state index contributed by atoms with van der Waals surface area (Å²) in [4.78, 5) is 43.4. The van der Waals surface area contributed by atoms with Gasteiger partial charge in [-0.15, -0.1) is 0 Å². The van der Waals surface area contributed by atoms with Crippen molar-refractivity contribution in [1.29, 1.82) is 0 Å². The fourth-order valence-corrected chi connectivity index (χ4v) is 5.52. The number of rotatable bonds is 6. The fraction of sp³-hybridized carbons (Fsp3) is 0.400. The van der Waals surface area contributed by atoms with Gasteiger partial charge in [-0.3, -0.25) is 19.7 Å². The van der Waals surface area contributed by atoms with Crippen LogP contribution in [0.2, 0.25) is 0 Å². The van der Waals surface area contributed by atoms with Crippen LogP contribution in [0.5, 0.6) is 0 Å². The standard InChI is InChI=1S/C25H28N4O5S/c1-4-34-22(30)15-28-21-13-16(2)12-17(3)23(21)35-25(28)26-24(31)18-8-9-19(20(14-18)29(32)33)27-10-6-5-7-11-27/h8-9,12-14H,4-7,10-11,15H2,1-3H3. The molecule has 35 heavy (non-hydrogen) atoms. The molecule has 1 aliphatic heterocycles. The largest absolute Gasteiger partial charge is 0.465 e. The topological polar surface area (TPSA) is 107 Å². The molecule has 0 spiro atoms. The highest BCUT2D eigenvalue weighted by atomic mass is 32.1. The number of nitrogens with zero attached hydrogens (tertiary/aromatic N) is 4. The summed E-state index contributed by atoms with van der Waals surface area (Å²) in [6, 6.07) is 8.49. The molecular weight excluding hydrogens is 468 g/mol. The summed E-state index contributed by atoms with van der Waals surface area (Å²) in [5.74, 6) is -1.03. The Hall–Kier alpha value is -3.53. The highest BCUT2D eigenvalue weighted by Gasteiger charge is 2.23. The molecule has 0 N–H and O–H groups in total. The second-order valence-electron chi connectivity index (χ2n) is 8.63. The highest BCUT2D eigenvalue weighted by molar-refractivity contribution is 7.16. The quantitative estimate of drug-likeness (QED) is 0.282. The summed E-state index contributed by atoms with van der Waals surface area (Å²) in [5, 5.41) is 11.8. The molecule has 2 heterocycles. The van der Waals surface area contributed by atoms with Gasteiger partial charge in [-0.2, -0.15) is 4.99 Å². The number of thiazole rings is 1. The van der Waals surface area contributed by atoms with Crippen LogP contribution in [0.25, 0.3) is 10.2 Å². The van der Waals surface area contributed by atoms with Crippen molar-refractivity contribution in [1.82, 2.24) is 4.57 Å². The molecule has 2 aromatic carbocycles. The third-order valence-corrected chi connectivity index (χ3v) is 7.25. The van der Waals surface area contributed by atoms with E-state index in [9.17, 15) is 19.7 Å². The molecule has 10 heteroatoms. The van der Waals surface area contributed by atoms with Crippen molar-refractivity contribution in [3.05, 3.63) is 61.9 Å². The molecule has 0 atom stereocenters. The van der Waals surface area contributed by atoms with E-state index in [-0.39, 0.29) is 24.4 Å². The Balaban J connectivity index is 1.78. The number of hydrogen-bond donors (Lipinski definition) is 0. The molecule has 1 aromatic heterocycles. The fourth-order valence-electron chi connectivity index (χ4n) is 4.44. The maximum Gasteiger partial charge on any atom is 0.326 e. The van der Waals surface area contributed by atoms with Gasteiger partial charge in [0, 0.05) is 24.7 Å². The number of hydrogen-bond acceptors (Lipinski definition) is 7. The Labute approximate surface area is 206 Å². The lowest BCUT2D eigenvalue weighted by atomic mass is 10.1. The molecule has 9 nitrogen and oxygen atoms in total. The average Bonchev–Trinajstić information content (AvgIpc) is 3.16. The number of nitro benzene ring substituents is 1. The number of amides is 1. The van der Waals surface area contributed by atoms with E-state index < -0.39 is 16.8 Å². The summed E-state index contributed by atoms with van der Waals surface area (Å²) in [6.45, 7) is 7.34. The highest BCUT2D eigenvalue weighted by Crippen LogP contribution is 2.31. The van der Waals surface area contributed by atoms with Crippen LogP contribution in [-0.4, -0.2) is 41.1 Å². The van der Waals surface area contributed by atoms with Crippen molar-refractivity contribution in [2.45, 2.75) is 46.6 Å². The first-order valence-corrected chi connectivity index (χ1v) is 12.5. The molecule has 3 aromatic rings. The molecule has 1 amide bonds. The normalized spacial score (nSPS) is 14.4. The summed E-state index contributed by atoms with van der Waals surface area (Å²) in [6.07, 6.45) is 3.08. The third kappa shape index (κ3) is 5.27. The minimum absolute atomic E-state index is 0.0864. The van der Waals surface area contributed by atoms with E-state index in [1.807, 2.05) is 30.9 Å². The first-order chi connectivity index (χ1) is 16.8. The zero-order chi connectivity index (χ0) is 25.1. The Morgan fingerprint density at radius 2 is 1.89 bits per heavy atom. The third-order valence-electron chi connectivity index (χ3n) is 6.02. The van der Waals surface area contributed by atoms with Gasteiger partial charge < -0.3 is 14.2 Å². The molecule has 1 aliphatic rings. The molecule has 0 radical (unpaired) electrons. The molecule has 1 saturated heterocycles. The number of benzene rings is 2. The summed E-state index contributed by atoms with van der Waals surface area (Å²) in [7, 11) is 0. The van der Waals surface area contributed by atoms with Crippen molar-refractivity contribution < 1.29 is 19.2 Å². The van der Waals surface area contributed by atoms with Gasteiger partial charge in [-0.05, 0) is 69.4 Å². The lowest BCUT2D eigenvalue weighted by molar-refractivity contribution is -0.384. The Morgan fingerprint density at radius 1 is 1.14 bits per heavy atom. The van der Waals surface area contributed by atoms with Crippen LogP contribution < -0.4 is 9.70 Å². The second kappa shape index (κ2) is 10.4. The van der Waals surface area contributed by atoms with E-state index in [1.54, 1.807) is 23.6 Å². The van der Waals surface area contributed by atoms with Crippen LogP contribution >= 0.6 is 11.3 Å². The van der Waals surface area contributed by atoms with Gasteiger partial charge in [0.1, 0.15) is 12.2 Å². The minimum atomic E-state index is -0.600. The van der Waals surface area contributed by atoms with Crippen LogP contribution in [0.4, 0.5) is 11.4 Å². The minimum Gasteiger partial charge on any atom is -0.465 e. The van der Waals surface area contributed by atoms with Crippen molar-refractivity contribution in [3.63, 3.8) is 0 Å². The zero-order valence-corrected chi connectivity index (χ0v) is 20.9. The number of carbonyl (C=O) groups excluding carboxylic acids is 2. The zero-order valence-electron chi connectivity index (χ0n) is 20.1.